The number of ether oxygens (including phenoxy) is 1. The van der Waals surface area contributed by atoms with Gasteiger partial charge in [-0.25, -0.2) is 0 Å². The van der Waals surface area contributed by atoms with Crippen LogP contribution in [-0.2, 0) is 11.2 Å². The number of para-hydroxylation sites is 1. The Bertz CT molecular complexity index is 640. The molecule has 4 heteroatoms. The van der Waals surface area contributed by atoms with Gasteiger partial charge in [0.1, 0.15) is 5.75 Å². The number of amides is 1. The third-order valence-electron chi connectivity index (χ3n) is 7.39. The zero-order chi connectivity index (χ0) is 18.8. The molecular formula is C23H34N2O2. The Morgan fingerprint density at radius 2 is 1.78 bits per heavy atom. The number of hydrogen-bond acceptors (Lipinski definition) is 3. The fourth-order valence-electron chi connectivity index (χ4n) is 5.79. The normalized spacial score (nSPS) is 31.6. The summed E-state index contributed by atoms with van der Waals surface area (Å²) in [6, 6.07) is 8.66. The molecule has 1 aromatic carbocycles. The van der Waals surface area contributed by atoms with E-state index < -0.39 is 0 Å². The van der Waals surface area contributed by atoms with Crippen molar-refractivity contribution < 1.29 is 9.53 Å². The van der Waals surface area contributed by atoms with Gasteiger partial charge in [-0.15, -0.1) is 0 Å². The molecule has 1 aromatic rings. The smallest absolute Gasteiger partial charge is 0.225 e. The predicted octanol–water partition coefficient (Wildman–Crippen LogP) is 3.63. The minimum Gasteiger partial charge on any atom is -0.496 e. The molecule has 1 heterocycles. The Balaban J connectivity index is 1.31. The van der Waals surface area contributed by atoms with Crippen molar-refractivity contribution in [2.24, 2.45) is 29.4 Å². The van der Waals surface area contributed by atoms with E-state index in [0.29, 0.717) is 29.7 Å². The highest BCUT2D eigenvalue weighted by Gasteiger charge is 2.42. The second-order valence-electron chi connectivity index (χ2n) is 8.98. The highest BCUT2D eigenvalue weighted by Crippen LogP contribution is 2.42. The molecule has 2 aliphatic carbocycles. The van der Waals surface area contributed by atoms with E-state index in [-0.39, 0.29) is 5.92 Å². The first-order valence-corrected chi connectivity index (χ1v) is 10.8. The Morgan fingerprint density at radius 3 is 2.44 bits per heavy atom. The van der Waals surface area contributed by atoms with Crippen LogP contribution in [0.25, 0.3) is 0 Å². The number of methoxy groups -OCH3 is 1. The molecule has 27 heavy (non-hydrogen) atoms. The Morgan fingerprint density at radius 1 is 1.11 bits per heavy atom. The molecule has 2 saturated carbocycles. The van der Waals surface area contributed by atoms with Crippen molar-refractivity contribution in [3.8, 4) is 5.75 Å². The molecule has 0 radical (unpaired) electrons. The van der Waals surface area contributed by atoms with Gasteiger partial charge in [-0.3, -0.25) is 4.79 Å². The van der Waals surface area contributed by atoms with Crippen LogP contribution in [0.2, 0.25) is 0 Å². The van der Waals surface area contributed by atoms with Gasteiger partial charge in [-0.2, -0.15) is 0 Å². The van der Waals surface area contributed by atoms with Gasteiger partial charge in [-0.1, -0.05) is 24.6 Å². The molecule has 3 aliphatic rings. The van der Waals surface area contributed by atoms with Crippen LogP contribution < -0.4 is 10.5 Å². The highest BCUT2D eigenvalue weighted by atomic mass is 16.5. The summed E-state index contributed by atoms with van der Waals surface area (Å²) in [5.74, 6) is 3.43. The van der Waals surface area contributed by atoms with Crippen LogP contribution in [0.1, 0.15) is 50.5 Å². The van der Waals surface area contributed by atoms with Crippen LogP contribution in [0.5, 0.6) is 5.75 Å². The molecule has 1 aliphatic heterocycles. The number of carbonyl (C=O) groups excluding carboxylic acids is 1. The summed E-state index contributed by atoms with van der Waals surface area (Å²) in [7, 11) is 1.74. The average molecular weight is 371 g/mol. The summed E-state index contributed by atoms with van der Waals surface area (Å²) < 4.78 is 5.50. The van der Waals surface area contributed by atoms with Crippen LogP contribution in [0.3, 0.4) is 0 Å². The quantitative estimate of drug-likeness (QED) is 0.880. The largest absolute Gasteiger partial charge is 0.496 e. The maximum Gasteiger partial charge on any atom is 0.225 e. The first-order valence-electron chi connectivity index (χ1n) is 10.8. The zero-order valence-electron chi connectivity index (χ0n) is 16.6. The molecule has 3 fully saturated rings. The van der Waals surface area contributed by atoms with Gasteiger partial charge in [-0.05, 0) is 74.3 Å². The lowest BCUT2D eigenvalue weighted by Crippen LogP contribution is -2.50. The molecule has 2 N–H and O–H groups in total. The molecule has 2 bridgehead atoms. The van der Waals surface area contributed by atoms with Gasteiger partial charge in [0.15, 0.2) is 0 Å². The molecule has 4 nitrogen and oxygen atoms in total. The Hall–Kier alpha value is -1.55. The van der Waals surface area contributed by atoms with Gasteiger partial charge >= 0.3 is 0 Å². The third kappa shape index (κ3) is 4.01. The molecule has 148 valence electrons. The number of piperidine rings is 1. The van der Waals surface area contributed by atoms with Crippen LogP contribution in [0, 0.1) is 23.7 Å². The number of nitrogens with two attached hydrogens (primary N) is 1. The maximum atomic E-state index is 13.1. The number of hydrogen-bond donors (Lipinski definition) is 1. The Labute approximate surface area is 163 Å². The van der Waals surface area contributed by atoms with E-state index in [1.165, 1.54) is 24.8 Å². The van der Waals surface area contributed by atoms with E-state index in [1.54, 1.807) is 7.11 Å². The number of nitrogens with zero attached hydrogens (tertiary/aromatic N) is 1. The summed E-state index contributed by atoms with van der Waals surface area (Å²) in [6.45, 7) is 1.83. The van der Waals surface area contributed by atoms with E-state index in [1.807, 2.05) is 12.1 Å². The van der Waals surface area contributed by atoms with Crippen LogP contribution in [0.15, 0.2) is 24.3 Å². The molecule has 4 rings (SSSR count). The van der Waals surface area contributed by atoms with Crippen LogP contribution >= 0.6 is 0 Å². The molecular weight excluding hydrogens is 336 g/mol. The lowest BCUT2D eigenvalue weighted by molar-refractivity contribution is -0.140. The van der Waals surface area contributed by atoms with Crippen molar-refractivity contribution in [1.82, 2.24) is 4.90 Å². The van der Waals surface area contributed by atoms with Gasteiger partial charge in [0, 0.05) is 25.0 Å². The van der Waals surface area contributed by atoms with Crippen LogP contribution in [0.4, 0.5) is 0 Å². The van der Waals surface area contributed by atoms with Crippen molar-refractivity contribution >= 4 is 5.91 Å². The minimum atomic E-state index is 0.228. The van der Waals surface area contributed by atoms with E-state index in [9.17, 15) is 4.79 Å². The van der Waals surface area contributed by atoms with Gasteiger partial charge in [0.2, 0.25) is 5.91 Å². The fraction of sp³-hybridized carbons (Fsp3) is 0.696. The number of carbonyl (C=O) groups is 1. The number of rotatable bonds is 4. The number of fused-ring (bicyclic) bond motifs is 2. The fourth-order valence-corrected chi connectivity index (χ4v) is 5.79. The first kappa shape index (κ1) is 18.8. The minimum absolute atomic E-state index is 0.228. The average Bonchev–Trinajstić information content (AvgIpc) is 2.68. The lowest BCUT2D eigenvalue weighted by atomic mass is 9.65. The van der Waals surface area contributed by atoms with E-state index in [4.69, 9.17) is 10.5 Å². The summed E-state index contributed by atoms with van der Waals surface area (Å²) in [5, 5.41) is 0. The summed E-state index contributed by atoms with van der Waals surface area (Å²) in [4.78, 5) is 15.3. The predicted molar refractivity (Wildman–Crippen MR) is 108 cm³/mol. The topological polar surface area (TPSA) is 55.6 Å². The second kappa shape index (κ2) is 8.22. The van der Waals surface area contributed by atoms with Gasteiger partial charge in [0.05, 0.1) is 7.11 Å². The molecule has 2 atom stereocenters. The van der Waals surface area contributed by atoms with Crippen molar-refractivity contribution in [2.75, 3.05) is 20.2 Å². The summed E-state index contributed by atoms with van der Waals surface area (Å²) >= 11 is 0. The Kier molecular flexibility index (Phi) is 5.72. The monoisotopic (exact) mass is 370 g/mol. The summed E-state index contributed by atoms with van der Waals surface area (Å²) in [6.07, 6.45) is 9.05. The van der Waals surface area contributed by atoms with Crippen LogP contribution in [-0.4, -0.2) is 37.0 Å². The van der Waals surface area contributed by atoms with Crippen molar-refractivity contribution in [3.05, 3.63) is 29.8 Å². The van der Waals surface area contributed by atoms with Crippen molar-refractivity contribution in [2.45, 2.75) is 57.4 Å². The maximum absolute atomic E-state index is 13.1. The lowest BCUT2D eigenvalue weighted by Gasteiger charge is -2.45. The standard InChI is InChI=1S/C23H34N2O2/c1-27-21-8-3-2-5-17(21)13-16-9-11-25(12-10-16)23(26)20-14-18-6-4-7-19(15-20)22(18)24/h2-3,5,8,16,18-20,22H,4,6-7,9-15,24H2,1H3. The van der Waals surface area contributed by atoms with Crippen molar-refractivity contribution in [1.29, 1.82) is 0 Å². The third-order valence-corrected chi connectivity index (χ3v) is 7.39. The SMILES string of the molecule is COc1ccccc1CC1CCN(C(=O)C2CC3CCCC(C2)C3N)CC1. The second-order valence-corrected chi connectivity index (χ2v) is 8.98. The zero-order valence-corrected chi connectivity index (χ0v) is 16.6. The van der Waals surface area contributed by atoms with E-state index >= 15 is 0 Å². The van der Waals surface area contributed by atoms with E-state index in [0.717, 1.165) is 50.9 Å². The molecule has 0 aromatic heterocycles. The molecule has 0 spiro atoms. The number of likely N-dealkylation sites (tertiary alicyclic amines) is 1. The van der Waals surface area contributed by atoms with E-state index in [2.05, 4.69) is 17.0 Å². The van der Waals surface area contributed by atoms with Gasteiger partial charge in [0.25, 0.3) is 0 Å². The highest BCUT2D eigenvalue weighted by molar-refractivity contribution is 5.79. The molecule has 2 unspecified atom stereocenters. The first-order chi connectivity index (χ1) is 13.2. The molecule has 1 saturated heterocycles. The molecule has 1 amide bonds. The summed E-state index contributed by atoms with van der Waals surface area (Å²) in [5.41, 5.74) is 7.70. The van der Waals surface area contributed by atoms with Crippen molar-refractivity contribution in [3.63, 3.8) is 0 Å². The van der Waals surface area contributed by atoms with Gasteiger partial charge < -0.3 is 15.4 Å². The number of benzene rings is 1.